The van der Waals surface area contributed by atoms with Gasteiger partial charge in [-0.15, -0.1) is 0 Å². The number of nitrogens with one attached hydrogen (secondary N) is 2. The van der Waals surface area contributed by atoms with Crippen molar-refractivity contribution in [1.82, 2.24) is 10.9 Å². The first-order chi connectivity index (χ1) is 12.6. The average Bonchev–Trinajstić information content (AvgIpc) is 3.08. The molecule has 1 atom stereocenters. The van der Waals surface area contributed by atoms with Gasteiger partial charge in [0.2, 0.25) is 11.8 Å². The van der Waals surface area contributed by atoms with Gasteiger partial charge >= 0.3 is 0 Å². The number of hydrogen-bond donors (Lipinski definition) is 2. The lowest BCUT2D eigenvalue weighted by atomic mass is 10.1. The van der Waals surface area contributed by atoms with Crippen LogP contribution in [0.1, 0.15) is 16.8 Å². The number of hydrazine groups is 1. The lowest BCUT2D eigenvalue weighted by Crippen LogP contribution is -2.45. The van der Waals surface area contributed by atoms with Crippen LogP contribution in [0, 0.1) is 5.92 Å². The van der Waals surface area contributed by atoms with Crippen molar-refractivity contribution < 1.29 is 19.1 Å². The molecule has 3 rings (SSSR count). The van der Waals surface area contributed by atoms with E-state index in [-0.39, 0.29) is 18.9 Å². The van der Waals surface area contributed by atoms with Crippen LogP contribution in [-0.2, 0) is 9.59 Å². The molecule has 1 fully saturated rings. The van der Waals surface area contributed by atoms with Crippen LogP contribution in [0.4, 0.5) is 5.69 Å². The van der Waals surface area contributed by atoms with Gasteiger partial charge in [-0.25, -0.2) is 0 Å². The Bertz CT molecular complexity index is 805. The number of carbonyl (C=O) groups is 3. The van der Waals surface area contributed by atoms with Crippen molar-refractivity contribution in [2.75, 3.05) is 18.6 Å². The van der Waals surface area contributed by atoms with Gasteiger partial charge in [-0.1, -0.05) is 18.2 Å². The van der Waals surface area contributed by atoms with Gasteiger partial charge in [0, 0.05) is 24.2 Å². The Morgan fingerprint density at radius 3 is 2.38 bits per heavy atom. The van der Waals surface area contributed by atoms with E-state index in [1.165, 1.54) is 7.11 Å². The Kier molecular flexibility index (Phi) is 5.17. The third-order valence-corrected chi connectivity index (χ3v) is 4.22. The number of anilines is 1. The van der Waals surface area contributed by atoms with Gasteiger partial charge in [-0.3, -0.25) is 25.2 Å². The predicted molar refractivity (Wildman–Crippen MR) is 95.5 cm³/mol. The van der Waals surface area contributed by atoms with E-state index in [4.69, 9.17) is 4.74 Å². The first kappa shape index (κ1) is 17.5. The van der Waals surface area contributed by atoms with E-state index >= 15 is 0 Å². The summed E-state index contributed by atoms with van der Waals surface area (Å²) in [5.74, 6) is -0.823. The number of ether oxygens (including phenoxy) is 1. The SMILES string of the molecule is COc1ccc(C(=O)NNC(=O)[C@@H]2CC(=O)N(c3ccccc3)C2)cc1. The summed E-state index contributed by atoms with van der Waals surface area (Å²) in [7, 11) is 1.54. The van der Waals surface area contributed by atoms with Crippen LogP contribution < -0.4 is 20.5 Å². The number of methoxy groups -OCH3 is 1. The molecule has 0 unspecified atom stereocenters. The second-order valence-electron chi connectivity index (χ2n) is 5.91. The fraction of sp³-hybridized carbons (Fsp3) is 0.211. The van der Waals surface area contributed by atoms with E-state index in [9.17, 15) is 14.4 Å². The summed E-state index contributed by atoms with van der Waals surface area (Å²) in [5, 5.41) is 0. The maximum absolute atomic E-state index is 12.3. The van der Waals surface area contributed by atoms with Crippen molar-refractivity contribution in [3.8, 4) is 5.75 Å². The summed E-state index contributed by atoms with van der Waals surface area (Å²) < 4.78 is 5.03. The topological polar surface area (TPSA) is 87.7 Å². The lowest BCUT2D eigenvalue weighted by Gasteiger charge is -2.16. The van der Waals surface area contributed by atoms with Crippen molar-refractivity contribution in [1.29, 1.82) is 0 Å². The number of amides is 3. The number of carbonyl (C=O) groups excluding carboxylic acids is 3. The van der Waals surface area contributed by atoms with E-state index in [1.807, 2.05) is 30.3 Å². The van der Waals surface area contributed by atoms with Crippen LogP contribution in [0.3, 0.4) is 0 Å². The van der Waals surface area contributed by atoms with Crippen molar-refractivity contribution in [2.24, 2.45) is 5.92 Å². The molecule has 1 aliphatic rings. The molecule has 3 amide bonds. The van der Waals surface area contributed by atoms with Crippen LogP contribution >= 0.6 is 0 Å². The molecule has 0 bridgehead atoms. The summed E-state index contributed by atoms with van der Waals surface area (Å²) >= 11 is 0. The molecule has 1 aliphatic heterocycles. The van der Waals surface area contributed by atoms with Crippen molar-refractivity contribution >= 4 is 23.4 Å². The number of nitrogens with zero attached hydrogens (tertiary/aromatic N) is 1. The minimum Gasteiger partial charge on any atom is -0.497 e. The van der Waals surface area contributed by atoms with Gasteiger partial charge in [0.15, 0.2) is 0 Å². The summed E-state index contributed by atoms with van der Waals surface area (Å²) in [4.78, 5) is 38.1. The summed E-state index contributed by atoms with van der Waals surface area (Å²) in [5.41, 5.74) is 5.92. The highest BCUT2D eigenvalue weighted by Crippen LogP contribution is 2.24. The molecule has 26 heavy (non-hydrogen) atoms. The molecule has 2 aromatic carbocycles. The van der Waals surface area contributed by atoms with E-state index in [0.717, 1.165) is 5.69 Å². The molecule has 0 radical (unpaired) electrons. The Hall–Kier alpha value is -3.35. The van der Waals surface area contributed by atoms with Gasteiger partial charge in [0.05, 0.1) is 13.0 Å². The zero-order valence-corrected chi connectivity index (χ0v) is 14.3. The third-order valence-electron chi connectivity index (χ3n) is 4.22. The van der Waals surface area contributed by atoms with Crippen molar-refractivity contribution in [3.63, 3.8) is 0 Å². The molecule has 134 valence electrons. The molecule has 0 saturated carbocycles. The van der Waals surface area contributed by atoms with E-state index < -0.39 is 17.7 Å². The van der Waals surface area contributed by atoms with E-state index in [1.54, 1.807) is 29.2 Å². The third kappa shape index (κ3) is 3.83. The maximum Gasteiger partial charge on any atom is 0.269 e. The molecule has 7 heteroatoms. The molecule has 0 aliphatic carbocycles. The van der Waals surface area contributed by atoms with Crippen molar-refractivity contribution in [2.45, 2.75) is 6.42 Å². The monoisotopic (exact) mass is 353 g/mol. The Morgan fingerprint density at radius 2 is 1.73 bits per heavy atom. The van der Waals surface area contributed by atoms with Crippen LogP contribution in [0.25, 0.3) is 0 Å². The van der Waals surface area contributed by atoms with E-state index in [0.29, 0.717) is 11.3 Å². The highest BCUT2D eigenvalue weighted by Gasteiger charge is 2.35. The summed E-state index contributed by atoms with van der Waals surface area (Å²) in [6.45, 7) is 0.285. The molecule has 2 aromatic rings. The minimum atomic E-state index is -0.515. The molecule has 0 spiro atoms. The maximum atomic E-state index is 12.3. The molecular formula is C19H19N3O4. The zero-order valence-electron chi connectivity index (χ0n) is 14.3. The van der Waals surface area contributed by atoms with Gasteiger partial charge in [-0.2, -0.15) is 0 Å². The molecule has 1 heterocycles. The van der Waals surface area contributed by atoms with Gasteiger partial charge in [0.25, 0.3) is 5.91 Å². The number of benzene rings is 2. The number of rotatable bonds is 4. The predicted octanol–water partition coefficient (Wildman–Crippen LogP) is 1.51. The Labute approximate surface area is 150 Å². The highest BCUT2D eigenvalue weighted by molar-refractivity contribution is 6.01. The smallest absolute Gasteiger partial charge is 0.269 e. The second kappa shape index (κ2) is 7.69. The van der Waals surface area contributed by atoms with Gasteiger partial charge < -0.3 is 9.64 Å². The van der Waals surface area contributed by atoms with Gasteiger partial charge in [0.1, 0.15) is 5.75 Å². The van der Waals surface area contributed by atoms with E-state index in [2.05, 4.69) is 10.9 Å². The first-order valence-corrected chi connectivity index (χ1v) is 8.18. The fourth-order valence-electron chi connectivity index (χ4n) is 2.78. The normalized spacial score (nSPS) is 16.3. The van der Waals surface area contributed by atoms with Crippen LogP contribution in [-0.4, -0.2) is 31.4 Å². The van der Waals surface area contributed by atoms with Crippen molar-refractivity contribution in [3.05, 3.63) is 60.2 Å². The van der Waals surface area contributed by atoms with Crippen LogP contribution in [0.2, 0.25) is 0 Å². The Balaban J connectivity index is 1.55. The number of hydrogen-bond acceptors (Lipinski definition) is 4. The van der Waals surface area contributed by atoms with Gasteiger partial charge in [-0.05, 0) is 36.4 Å². The molecule has 0 aromatic heterocycles. The lowest BCUT2D eigenvalue weighted by molar-refractivity contribution is -0.126. The Morgan fingerprint density at radius 1 is 1.04 bits per heavy atom. The summed E-state index contributed by atoms with van der Waals surface area (Å²) in [6, 6.07) is 15.7. The molecule has 2 N–H and O–H groups in total. The largest absolute Gasteiger partial charge is 0.497 e. The highest BCUT2D eigenvalue weighted by atomic mass is 16.5. The zero-order chi connectivity index (χ0) is 18.5. The second-order valence-corrected chi connectivity index (χ2v) is 5.91. The molecule has 1 saturated heterocycles. The van der Waals surface area contributed by atoms with Crippen LogP contribution in [0.15, 0.2) is 54.6 Å². The quantitative estimate of drug-likeness (QED) is 0.816. The number of para-hydroxylation sites is 1. The summed E-state index contributed by atoms with van der Waals surface area (Å²) in [6.07, 6.45) is 0.110. The molecule has 7 nitrogen and oxygen atoms in total. The minimum absolute atomic E-state index is 0.110. The standard InChI is InChI=1S/C19H19N3O4/c1-26-16-9-7-13(8-10-16)18(24)20-21-19(25)14-11-17(23)22(12-14)15-5-3-2-4-6-15/h2-10,14H,11-12H2,1H3,(H,20,24)(H,21,25)/t14-/m1/s1. The fourth-order valence-corrected chi connectivity index (χ4v) is 2.78. The molecular weight excluding hydrogens is 334 g/mol. The average molecular weight is 353 g/mol. The first-order valence-electron chi connectivity index (χ1n) is 8.18. The van der Waals surface area contributed by atoms with Crippen LogP contribution in [0.5, 0.6) is 5.75 Å².